The molecule has 6 nitrogen and oxygen atoms in total. The summed E-state index contributed by atoms with van der Waals surface area (Å²) in [5.74, 6) is 0.0964. The summed E-state index contributed by atoms with van der Waals surface area (Å²) in [6.45, 7) is 4.93. The van der Waals surface area contributed by atoms with Crippen LogP contribution in [0.2, 0.25) is 5.02 Å². The van der Waals surface area contributed by atoms with Crippen molar-refractivity contribution in [2.24, 2.45) is 12.0 Å². The van der Waals surface area contributed by atoms with Gasteiger partial charge in [-0.05, 0) is 31.5 Å². The highest BCUT2D eigenvalue weighted by Crippen LogP contribution is 2.19. The standard InChI is InChI=1S/C17H23ClFN5O.HI/c1-4-20-16(21-8-12-5-6-15(19)14(18)7-12)22-11-17(2,25)13-9-23-24(3)10-13;/h5-7,9-10,25H,4,8,11H2,1-3H3,(H2,20,21,22);1H. The average Bonchev–Trinajstić information content (AvgIpc) is 3.01. The number of rotatable bonds is 6. The van der Waals surface area contributed by atoms with E-state index in [-0.39, 0.29) is 35.5 Å². The molecule has 0 amide bonds. The maximum atomic E-state index is 13.2. The maximum absolute atomic E-state index is 13.2. The zero-order chi connectivity index (χ0) is 18.4. The third-order valence-electron chi connectivity index (χ3n) is 3.67. The predicted molar refractivity (Wildman–Crippen MR) is 112 cm³/mol. The Labute approximate surface area is 174 Å². The van der Waals surface area contributed by atoms with Crippen molar-refractivity contribution in [3.05, 3.63) is 52.6 Å². The van der Waals surface area contributed by atoms with Crippen LogP contribution >= 0.6 is 35.6 Å². The van der Waals surface area contributed by atoms with Gasteiger partial charge in [0.25, 0.3) is 0 Å². The largest absolute Gasteiger partial charge is 0.383 e. The summed E-state index contributed by atoms with van der Waals surface area (Å²) in [6.07, 6.45) is 3.40. The molecule has 3 N–H and O–H groups in total. The maximum Gasteiger partial charge on any atom is 0.191 e. The lowest BCUT2D eigenvalue weighted by atomic mass is 10.00. The van der Waals surface area contributed by atoms with Crippen molar-refractivity contribution in [2.75, 3.05) is 13.1 Å². The highest BCUT2D eigenvalue weighted by Gasteiger charge is 2.24. The van der Waals surface area contributed by atoms with Crippen molar-refractivity contribution in [3.8, 4) is 0 Å². The smallest absolute Gasteiger partial charge is 0.191 e. The molecule has 0 spiro atoms. The highest BCUT2D eigenvalue weighted by atomic mass is 127. The van der Waals surface area contributed by atoms with E-state index < -0.39 is 11.4 Å². The fraction of sp³-hybridized carbons (Fsp3) is 0.412. The molecule has 0 bridgehead atoms. The van der Waals surface area contributed by atoms with Crippen LogP contribution in [0.25, 0.3) is 0 Å². The molecule has 144 valence electrons. The topological polar surface area (TPSA) is 74.5 Å². The summed E-state index contributed by atoms with van der Waals surface area (Å²) in [7, 11) is 1.80. The van der Waals surface area contributed by atoms with Gasteiger partial charge in [-0.1, -0.05) is 17.7 Å². The Hall–Kier alpha value is -1.39. The SMILES string of the molecule is CCNC(=NCc1ccc(F)c(Cl)c1)NCC(C)(O)c1cnn(C)c1.I. The van der Waals surface area contributed by atoms with Crippen LogP contribution in [0.4, 0.5) is 4.39 Å². The third kappa shape index (κ3) is 6.40. The van der Waals surface area contributed by atoms with Gasteiger partial charge in [0.2, 0.25) is 0 Å². The second-order valence-electron chi connectivity index (χ2n) is 5.97. The van der Waals surface area contributed by atoms with E-state index in [0.29, 0.717) is 24.6 Å². The van der Waals surface area contributed by atoms with E-state index in [0.717, 1.165) is 5.56 Å². The minimum absolute atomic E-state index is 0. The molecule has 1 heterocycles. The van der Waals surface area contributed by atoms with Crippen LogP contribution in [0.3, 0.4) is 0 Å². The molecule has 0 radical (unpaired) electrons. The van der Waals surface area contributed by atoms with E-state index in [4.69, 9.17) is 11.6 Å². The van der Waals surface area contributed by atoms with Crippen molar-refractivity contribution in [3.63, 3.8) is 0 Å². The molecule has 2 rings (SSSR count). The van der Waals surface area contributed by atoms with Crippen LogP contribution in [0.15, 0.2) is 35.6 Å². The summed E-state index contributed by atoms with van der Waals surface area (Å²) in [4.78, 5) is 4.44. The lowest BCUT2D eigenvalue weighted by Crippen LogP contribution is -2.44. The first-order valence-electron chi connectivity index (χ1n) is 7.99. The van der Waals surface area contributed by atoms with E-state index in [9.17, 15) is 9.50 Å². The monoisotopic (exact) mass is 495 g/mol. The van der Waals surface area contributed by atoms with E-state index in [2.05, 4.69) is 20.7 Å². The lowest BCUT2D eigenvalue weighted by molar-refractivity contribution is 0.0616. The average molecular weight is 496 g/mol. The first-order valence-corrected chi connectivity index (χ1v) is 8.37. The zero-order valence-corrected chi connectivity index (χ0v) is 18.0. The summed E-state index contributed by atoms with van der Waals surface area (Å²) < 4.78 is 14.8. The quantitative estimate of drug-likeness (QED) is 0.327. The number of nitrogens with one attached hydrogen (secondary N) is 2. The van der Waals surface area contributed by atoms with Crippen LogP contribution in [0, 0.1) is 5.82 Å². The number of hydrogen-bond acceptors (Lipinski definition) is 3. The van der Waals surface area contributed by atoms with Gasteiger partial charge < -0.3 is 15.7 Å². The molecular formula is C17H24ClFIN5O. The van der Waals surface area contributed by atoms with Crippen molar-refractivity contribution < 1.29 is 9.50 Å². The molecule has 0 saturated heterocycles. The van der Waals surface area contributed by atoms with Crippen LogP contribution in [-0.4, -0.2) is 33.9 Å². The number of aryl methyl sites for hydroxylation is 1. The Balaban J connectivity index is 0.00000338. The van der Waals surface area contributed by atoms with Gasteiger partial charge in [-0.15, -0.1) is 24.0 Å². The molecule has 1 aromatic carbocycles. The Morgan fingerprint density at radius 2 is 2.15 bits per heavy atom. The lowest BCUT2D eigenvalue weighted by Gasteiger charge is -2.23. The van der Waals surface area contributed by atoms with Crippen LogP contribution in [0.5, 0.6) is 0 Å². The molecule has 1 atom stereocenters. The Morgan fingerprint density at radius 3 is 2.73 bits per heavy atom. The molecule has 0 aliphatic rings. The van der Waals surface area contributed by atoms with Gasteiger partial charge in [-0.3, -0.25) is 4.68 Å². The van der Waals surface area contributed by atoms with Crippen LogP contribution < -0.4 is 10.6 Å². The molecule has 9 heteroatoms. The first kappa shape index (κ1) is 22.7. The molecule has 0 aliphatic carbocycles. The number of halogens is 3. The van der Waals surface area contributed by atoms with Gasteiger partial charge in [-0.25, -0.2) is 9.38 Å². The Bertz CT molecular complexity index is 751. The molecule has 1 unspecified atom stereocenters. The van der Waals surface area contributed by atoms with Crippen LogP contribution in [0.1, 0.15) is 25.0 Å². The van der Waals surface area contributed by atoms with E-state index >= 15 is 0 Å². The summed E-state index contributed by atoms with van der Waals surface area (Å²) in [5, 5.41) is 21.0. The molecule has 26 heavy (non-hydrogen) atoms. The molecular weight excluding hydrogens is 472 g/mol. The van der Waals surface area contributed by atoms with E-state index in [1.165, 1.54) is 6.07 Å². The van der Waals surface area contributed by atoms with Gasteiger partial charge >= 0.3 is 0 Å². The van der Waals surface area contributed by atoms with Crippen molar-refractivity contribution in [1.29, 1.82) is 0 Å². The molecule has 1 aromatic heterocycles. The molecule has 0 fully saturated rings. The van der Waals surface area contributed by atoms with Gasteiger partial charge in [-0.2, -0.15) is 5.10 Å². The Kier molecular flexibility index (Phi) is 8.78. The van der Waals surface area contributed by atoms with Crippen molar-refractivity contribution in [2.45, 2.75) is 26.0 Å². The predicted octanol–water partition coefficient (Wildman–Crippen LogP) is 2.79. The highest BCUT2D eigenvalue weighted by molar-refractivity contribution is 14.0. The van der Waals surface area contributed by atoms with Gasteiger partial charge in [0.1, 0.15) is 11.4 Å². The van der Waals surface area contributed by atoms with Gasteiger partial charge in [0.05, 0.1) is 24.3 Å². The zero-order valence-electron chi connectivity index (χ0n) is 15.0. The molecule has 0 aliphatic heterocycles. The van der Waals surface area contributed by atoms with E-state index in [1.807, 2.05) is 6.92 Å². The van der Waals surface area contributed by atoms with Gasteiger partial charge in [0.15, 0.2) is 5.96 Å². The number of benzene rings is 1. The second kappa shape index (κ2) is 10.1. The van der Waals surface area contributed by atoms with Crippen molar-refractivity contribution in [1.82, 2.24) is 20.4 Å². The third-order valence-corrected chi connectivity index (χ3v) is 3.96. The fourth-order valence-corrected chi connectivity index (χ4v) is 2.41. The summed E-state index contributed by atoms with van der Waals surface area (Å²) in [6, 6.07) is 4.51. The molecule has 0 saturated carbocycles. The number of guanidine groups is 1. The number of nitrogens with zero attached hydrogens (tertiary/aromatic N) is 3. The first-order chi connectivity index (χ1) is 11.8. The Morgan fingerprint density at radius 1 is 1.42 bits per heavy atom. The number of aromatic nitrogens is 2. The van der Waals surface area contributed by atoms with Crippen LogP contribution in [-0.2, 0) is 19.2 Å². The summed E-state index contributed by atoms with van der Waals surface area (Å²) in [5.41, 5.74) is 0.412. The number of aliphatic hydroxyl groups is 1. The van der Waals surface area contributed by atoms with Crippen molar-refractivity contribution >= 4 is 41.5 Å². The number of aliphatic imine (C=N–C) groups is 1. The second-order valence-corrected chi connectivity index (χ2v) is 6.38. The molecule has 2 aromatic rings. The fourth-order valence-electron chi connectivity index (χ4n) is 2.21. The minimum Gasteiger partial charge on any atom is -0.383 e. The van der Waals surface area contributed by atoms with Gasteiger partial charge in [0, 0.05) is 25.4 Å². The normalized spacial score (nSPS) is 13.7. The van der Waals surface area contributed by atoms with E-state index in [1.54, 1.807) is 43.2 Å². The number of hydrogen-bond donors (Lipinski definition) is 3. The minimum atomic E-state index is -1.09. The summed E-state index contributed by atoms with van der Waals surface area (Å²) >= 11 is 5.79.